The van der Waals surface area contributed by atoms with Crippen LogP contribution in [0.4, 0.5) is 4.79 Å². The average molecular weight is 329 g/mol. The van der Waals surface area contributed by atoms with Gasteiger partial charge >= 0.3 is 12.0 Å². The van der Waals surface area contributed by atoms with Crippen molar-refractivity contribution in [1.29, 1.82) is 0 Å². The van der Waals surface area contributed by atoms with Crippen LogP contribution < -0.4 is 0 Å². The highest BCUT2D eigenvalue weighted by atomic mass is 16.4. The van der Waals surface area contributed by atoms with Gasteiger partial charge in [-0.3, -0.25) is 0 Å². The Labute approximate surface area is 139 Å². The van der Waals surface area contributed by atoms with Gasteiger partial charge < -0.3 is 19.5 Å². The third-order valence-electron chi connectivity index (χ3n) is 4.18. The van der Waals surface area contributed by atoms with Gasteiger partial charge in [0.2, 0.25) is 0 Å². The molecule has 24 heavy (non-hydrogen) atoms. The smallest absolute Gasteiger partial charge is 0.328 e. The van der Waals surface area contributed by atoms with Crippen molar-refractivity contribution in [2.45, 2.75) is 32.6 Å². The number of hydrogen-bond acceptors (Lipinski definition) is 4. The molecule has 0 saturated heterocycles. The van der Waals surface area contributed by atoms with Crippen molar-refractivity contribution < 1.29 is 14.7 Å². The molecule has 3 rings (SSSR count). The number of amides is 2. The minimum absolute atomic E-state index is 0.135. The van der Waals surface area contributed by atoms with Crippen molar-refractivity contribution in [3.63, 3.8) is 0 Å². The van der Waals surface area contributed by atoms with Gasteiger partial charge in [0.15, 0.2) is 5.82 Å². The topological polar surface area (TPSA) is 91.6 Å². The maximum atomic E-state index is 12.8. The molecular formula is C16H19N5O3. The first-order valence-electron chi connectivity index (χ1n) is 7.64. The summed E-state index contributed by atoms with van der Waals surface area (Å²) in [5.74, 6) is 0.225. The van der Waals surface area contributed by atoms with Gasteiger partial charge in [0.1, 0.15) is 11.9 Å². The summed E-state index contributed by atoms with van der Waals surface area (Å²) in [6.07, 6.45) is 0. The van der Waals surface area contributed by atoms with Crippen LogP contribution in [0.2, 0.25) is 0 Å². The Kier molecular flexibility index (Phi) is 4.20. The van der Waals surface area contributed by atoms with E-state index in [9.17, 15) is 14.7 Å². The molecule has 1 aromatic carbocycles. The number of urea groups is 1. The maximum Gasteiger partial charge on any atom is 0.328 e. The van der Waals surface area contributed by atoms with Crippen LogP contribution in [0.5, 0.6) is 0 Å². The Morgan fingerprint density at radius 3 is 2.67 bits per heavy atom. The summed E-state index contributed by atoms with van der Waals surface area (Å²) in [6, 6.07) is 8.30. The molecule has 0 bridgehead atoms. The number of fused-ring (bicyclic) bond motifs is 1. The number of carbonyl (C=O) groups is 2. The number of carboxylic acids is 1. The molecule has 2 aromatic rings. The van der Waals surface area contributed by atoms with Crippen molar-refractivity contribution in [2.24, 2.45) is 0 Å². The van der Waals surface area contributed by atoms with Crippen LogP contribution >= 0.6 is 0 Å². The predicted molar refractivity (Wildman–Crippen MR) is 85.0 cm³/mol. The summed E-state index contributed by atoms with van der Waals surface area (Å²) in [5, 5.41) is 17.5. The van der Waals surface area contributed by atoms with E-state index in [2.05, 4.69) is 10.2 Å². The van der Waals surface area contributed by atoms with Gasteiger partial charge in [-0.2, -0.15) is 0 Å². The summed E-state index contributed by atoms with van der Waals surface area (Å²) < 4.78 is 1.75. The number of carboxylic acid groups (broad SMARTS) is 1. The van der Waals surface area contributed by atoms with Crippen molar-refractivity contribution in [3.05, 3.63) is 47.5 Å². The molecule has 0 aliphatic carbocycles. The van der Waals surface area contributed by atoms with Crippen LogP contribution in [0.25, 0.3) is 0 Å². The van der Waals surface area contributed by atoms with Crippen molar-refractivity contribution >= 4 is 12.0 Å². The van der Waals surface area contributed by atoms with Gasteiger partial charge in [-0.05, 0) is 12.5 Å². The fourth-order valence-corrected chi connectivity index (χ4v) is 2.87. The van der Waals surface area contributed by atoms with Gasteiger partial charge in [0.25, 0.3) is 0 Å². The SMILES string of the molecule is Cc1nnc2n1CC(C(=O)O)N(C(=O)N(C)Cc1ccccc1)C2. The summed E-state index contributed by atoms with van der Waals surface area (Å²) in [7, 11) is 1.67. The predicted octanol–water partition coefficient (Wildman–Crippen LogP) is 1.11. The van der Waals surface area contributed by atoms with E-state index in [1.807, 2.05) is 30.3 Å². The molecule has 1 unspecified atom stereocenters. The first-order chi connectivity index (χ1) is 11.5. The van der Waals surface area contributed by atoms with Gasteiger partial charge in [0.05, 0.1) is 13.1 Å². The van der Waals surface area contributed by atoms with Crippen molar-refractivity contribution in [3.8, 4) is 0 Å². The second-order valence-corrected chi connectivity index (χ2v) is 5.88. The van der Waals surface area contributed by atoms with E-state index in [4.69, 9.17) is 0 Å². The van der Waals surface area contributed by atoms with E-state index in [0.717, 1.165) is 5.56 Å². The molecule has 8 nitrogen and oxygen atoms in total. The minimum atomic E-state index is -1.03. The first kappa shape index (κ1) is 16.0. The third kappa shape index (κ3) is 2.94. The monoisotopic (exact) mass is 329 g/mol. The Balaban J connectivity index is 1.80. The number of aliphatic carboxylic acids is 1. The number of aryl methyl sites for hydroxylation is 1. The standard InChI is InChI=1S/C16H19N5O3/c1-11-17-18-14-10-21(13(15(22)23)9-20(11)14)16(24)19(2)8-12-6-4-3-5-7-12/h3-7,13H,8-10H2,1-2H3,(H,22,23). The second kappa shape index (κ2) is 6.31. The Morgan fingerprint density at radius 2 is 2.00 bits per heavy atom. The molecule has 1 aliphatic rings. The molecule has 1 atom stereocenters. The fourth-order valence-electron chi connectivity index (χ4n) is 2.87. The van der Waals surface area contributed by atoms with Crippen LogP contribution in [0.1, 0.15) is 17.2 Å². The molecule has 1 N–H and O–H groups in total. The van der Waals surface area contributed by atoms with E-state index in [1.54, 1.807) is 18.5 Å². The second-order valence-electron chi connectivity index (χ2n) is 5.88. The number of benzene rings is 1. The highest BCUT2D eigenvalue weighted by Crippen LogP contribution is 2.20. The Hall–Kier alpha value is -2.90. The normalized spacial score (nSPS) is 16.6. The Bertz CT molecular complexity index is 758. The highest BCUT2D eigenvalue weighted by molar-refractivity contribution is 5.82. The zero-order chi connectivity index (χ0) is 17.3. The molecular weight excluding hydrogens is 310 g/mol. The number of nitrogens with zero attached hydrogens (tertiary/aromatic N) is 5. The lowest BCUT2D eigenvalue weighted by molar-refractivity contribution is -0.143. The van der Waals surface area contributed by atoms with E-state index >= 15 is 0 Å². The van der Waals surface area contributed by atoms with E-state index in [1.165, 1.54) is 9.80 Å². The number of hydrogen-bond donors (Lipinski definition) is 1. The average Bonchev–Trinajstić information content (AvgIpc) is 2.94. The van der Waals surface area contributed by atoms with Crippen LogP contribution in [0, 0.1) is 6.92 Å². The maximum absolute atomic E-state index is 12.8. The Morgan fingerprint density at radius 1 is 1.29 bits per heavy atom. The summed E-state index contributed by atoms with van der Waals surface area (Å²) in [6.45, 7) is 2.48. The van der Waals surface area contributed by atoms with Gasteiger partial charge in [-0.25, -0.2) is 9.59 Å². The zero-order valence-electron chi connectivity index (χ0n) is 13.6. The van der Waals surface area contributed by atoms with Crippen molar-refractivity contribution in [1.82, 2.24) is 24.6 Å². The molecule has 1 aliphatic heterocycles. The largest absolute Gasteiger partial charge is 0.480 e. The number of carbonyl (C=O) groups excluding carboxylic acids is 1. The molecule has 0 fully saturated rings. The molecule has 126 valence electrons. The zero-order valence-corrected chi connectivity index (χ0v) is 13.6. The van der Waals surface area contributed by atoms with Crippen LogP contribution in [0.15, 0.2) is 30.3 Å². The summed E-state index contributed by atoms with van der Waals surface area (Å²) >= 11 is 0. The molecule has 2 heterocycles. The van der Waals surface area contributed by atoms with Crippen molar-refractivity contribution in [2.75, 3.05) is 7.05 Å². The van der Waals surface area contributed by atoms with E-state index < -0.39 is 12.0 Å². The van der Waals surface area contributed by atoms with E-state index in [0.29, 0.717) is 18.2 Å². The van der Waals surface area contributed by atoms with Gasteiger partial charge in [0, 0.05) is 13.6 Å². The summed E-state index contributed by atoms with van der Waals surface area (Å²) in [4.78, 5) is 27.3. The van der Waals surface area contributed by atoms with Crippen LogP contribution in [-0.2, 0) is 24.4 Å². The molecule has 8 heteroatoms. The van der Waals surface area contributed by atoms with Gasteiger partial charge in [-0.1, -0.05) is 30.3 Å². The molecule has 0 saturated carbocycles. The van der Waals surface area contributed by atoms with E-state index in [-0.39, 0.29) is 19.1 Å². The van der Waals surface area contributed by atoms with Gasteiger partial charge in [-0.15, -0.1) is 10.2 Å². The van der Waals surface area contributed by atoms with Crippen LogP contribution in [0.3, 0.4) is 0 Å². The first-order valence-corrected chi connectivity index (χ1v) is 7.64. The summed E-state index contributed by atoms with van der Waals surface area (Å²) in [5.41, 5.74) is 0.983. The minimum Gasteiger partial charge on any atom is -0.480 e. The lowest BCUT2D eigenvalue weighted by Gasteiger charge is -2.36. The molecule has 1 aromatic heterocycles. The number of aromatic nitrogens is 3. The van der Waals surface area contributed by atoms with Crippen LogP contribution in [-0.4, -0.2) is 54.8 Å². The highest BCUT2D eigenvalue weighted by Gasteiger charge is 2.37. The molecule has 2 amide bonds. The fraction of sp³-hybridized carbons (Fsp3) is 0.375. The number of rotatable bonds is 3. The molecule has 0 radical (unpaired) electrons. The molecule has 0 spiro atoms. The quantitative estimate of drug-likeness (QED) is 0.911. The lowest BCUT2D eigenvalue weighted by Crippen LogP contribution is -2.54. The lowest BCUT2D eigenvalue weighted by atomic mass is 10.2. The third-order valence-corrected chi connectivity index (χ3v) is 4.18.